The van der Waals surface area contributed by atoms with Crippen molar-refractivity contribution in [1.29, 1.82) is 0 Å². The number of rotatable bonds is 8. The molecule has 0 bridgehead atoms. The molecule has 184 valence electrons. The van der Waals surface area contributed by atoms with Gasteiger partial charge in [0.25, 0.3) is 0 Å². The van der Waals surface area contributed by atoms with Crippen LogP contribution in [0, 0.1) is 0 Å². The van der Waals surface area contributed by atoms with Crippen molar-refractivity contribution in [2.24, 2.45) is 0 Å². The monoisotopic (exact) mass is 474 g/mol. The zero-order valence-electron chi connectivity index (χ0n) is 20.4. The lowest BCUT2D eigenvalue weighted by Gasteiger charge is -2.43. The molecule has 7 nitrogen and oxygen atoms in total. The molecule has 1 N–H and O–H groups in total. The number of carbonyl (C=O) groups excluding carboxylic acids is 1. The molecule has 2 fully saturated rings. The molecule has 1 atom stereocenters. The number of anilines is 1. The van der Waals surface area contributed by atoms with Gasteiger partial charge in [0.05, 0.1) is 32.0 Å². The highest BCUT2D eigenvalue weighted by atomic mass is 16.5. The van der Waals surface area contributed by atoms with Crippen LogP contribution in [0.25, 0.3) is 0 Å². The van der Waals surface area contributed by atoms with Crippen LogP contribution in [0.5, 0.6) is 11.5 Å². The third kappa shape index (κ3) is 5.61. The highest BCUT2D eigenvalue weighted by Crippen LogP contribution is 2.36. The van der Waals surface area contributed by atoms with E-state index in [1.54, 1.807) is 19.6 Å². The van der Waals surface area contributed by atoms with Gasteiger partial charge in [0, 0.05) is 43.3 Å². The highest BCUT2D eigenvalue weighted by Gasteiger charge is 2.31. The van der Waals surface area contributed by atoms with Gasteiger partial charge in [-0.3, -0.25) is 4.79 Å². The van der Waals surface area contributed by atoms with Crippen LogP contribution in [0.15, 0.2) is 61.1 Å². The lowest BCUT2D eigenvalue weighted by molar-refractivity contribution is -0.133. The second-order valence-corrected chi connectivity index (χ2v) is 9.49. The molecule has 1 saturated carbocycles. The summed E-state index contributed by atoms with van der Waals surface area (Å²) in [6.07, 6.45) is 9.42. The van der Waals surface area contributed by atoms with E-state index in [1.807, 2.05) is 17.0 Å². The Morgan fingerprint density at radius 3 is 2.66 bits per heavy atom. The van der Waals surface area contributed by atoms with Crippen molar-refractivity contribution in [3.63, 3.8) is 0 Å². The minimum absolute atomic E-state index is 0.0721. The Morgan fingerprint density at radius 1 is 1.09 bits per heavy atom. The van der Waals surface area contributed by atoms with Crippen LogP contribution in [0.2, 0.25) is 0 Å². The number of ether oxygens (including phenoxy) is 2. The van der Waals surface area contributed by atoms with Crippen LogP contribution < -0.4 is 14.4 Å². The van der Waals surface area contributed by atoms with Crippen LogP contribution >= 0.6 is 0 Å². The number of aromatic nitrogens is 2. The molecular formula is C28H34N4O3. The van der Waals surface area contributed by atoms with Crippen LogP contribution in [0.4, 0.5) is 5.69 Å². The number of nitrogens with one attached hydrogen (secondary N) is 1. The number of hydrogen-bond acceptors (Lipinski definition) is 5. The second-order valence-electron chi connectivity index (χ2n) is 9.49. The second kappa shape index (κ2) is 10.8. The van der Waals surface area contributed by atoms with Gasteiger partial charge in [-0.05, 0) is 49.8 Å². The summed E-state index contributed by atoms with van der Waals surface area (Å²) in [5.41, 5.74) is 3.19. The van der Waals surface area contributed by atoms with Crippen molar-refractivity contribution in [2.75, 3.05) is 31.6 Å². The number of benzene rings is 2. The summed E-state index contributed by atoms with van der Waals surface area (Å²) >= 11 is 0. The molecule has 1 saturated heterocycles. The van der Waals surface area contributed by atoms with E-state index in [0.717, 1.165) is 55.2 Å². The first-order valence-electron chi connectivity index (χ1n) is 12.6. The summed E-state index contributed by atoms with van der Waals surface area (Å²) in [5.74, 6) is 1.72. The lowest BCUT2D eigenvalue weighted by atomic mass is 10.0. The number of nitrogens with zero attached hydrogens (tertiary/aromatic N) is 3. The molecule has 0 radical (unpaired) electrons. The molecular weight excluding hydrogens is 440 g/mol. The molecule has 1 aliphatic carbocycles. The third-order valence-corrected chi connectivity index (χ3v) is 7.12. The van der Waals surface area contributed by atoms with E-state index >= 15 is 0 Å². The molecule has 35 heavy (non-hydrogen) atoms. The van der Waals surface area contributed by atoms with E-state index in [1.165, 1.54) is 18.4 Å². The van der Waals surface area contributed by atoms with E-state index in [9.17, 15) is 4.79 Å². The predicted octanol–water partition coefficient (Wildman–Crippen LogP) is 4.24. The van der Waals surface area contributed by atoms with E-state index < -0.39 is 0 Å². The van der Waals surface area contributed by atoms with Gasteiger partial charge in [0.2, 0.25) is 5.91 Å². The first-order chi connectivity index (χ1) is 17.2. The Kier molecular flexibility index (Phi) is 7.21. The van der Waals surface area contributed by atoms with E-state index in [2.05, 4.69) is 51.3 Å². The highest BCUT2D eigenvalue weighted by molar-refractivity contribution is 5.79. The summed E-state index contributed by atoms with van der Waals surface area (Å²) in [6.45, 7) is 2.21. The Hall–Kier alpha value is -3.48. The molecule has 2 aliphatic rings. The topological polar surface area (TPSA) is 70.7 Å². The largest absolute Gasteiger partial charge is 0.493 e. The Balaban J connectivity index is 1.35. The summed E-state index contributed by atoms with van der Waals surface area (Å²) in [6, 6.07) is 16.7. The molecule has 2 aromatic carbocycles. The van der Waals surface area contributed by atoms with Crippen LogP contribution in [-0.4, -0.2) is 59.7 Å². The van der Waals surface area contributed by atoms with Gasteiger partial charge < -0.3 is 24.3 Å². The van der Waals surface area contributed by atoms with E-state index in [-0.39, 0.29) is 18.1 Å². The average molecular weight is 475 g/mol. The number of methoxy groups -OCH3 is 1. The number of imidazole rings is 1. The summed E-state index contributed by atoms with van der Waals surface area (Å²) in [5, 5.41) is 0. The van der Waals surface area contributed by atoms with Gasteiger partial charge in [-0.25, -0.2) is 4.98 Å². The molecule has 2 heterocycles. The molecule has 3 aromatic rings. The normalized spacial score (nSPS) is 18.6. The molecule has 1 aliphatic heterocycles. The van der Waals surface area contributed by atoms with Crippen molar-refractivity contribution in [1.82, 2.24) is 14.9 Å². The van der Waals surface area contributed by atoms with Gasteiger partial charge >= 0.3 is 0 Å². The van der Waals surface area contributed by atoms with Crippen molar-refractivity contribution < 1.29 is 14.3 Å². The zero-order chi connectivity index (χ0) is 24.0. The summed E-state index contributed by atoms with van der Waals surface area (Å²) in [4.78, 5) is 24.8. The zero-order valence-corrected chi connectivity index (χ0v) is 20.4. The maximum absolute atomic E-state index is 13.3. The maximum atomic E-state index is 13.3. The SMILES string of the molecule is COc1ccc(N2CCN(C(=O)Cc3cnc[nH]3)C(Cc3ccccc3)C2)cc1OC1CCCC1. The first-order valence-corrected chi connectivity index (χ1v) is 12.6. The van der Waals surface area contributed by atoms with Crippen LogP contribution in [0.1, 0.15) is 36.9 Å². The van der Waals surface area contributed by atoms with Gasteiger partial charge in [0.1, 0.15) is 0 Å². The van der Waals surface area contributed by atoms with Crippen molar-refractivity contribution >= 4 is 11.6 Å². The smallest absolute Gasteiger partial charge is 0.228 e. The fraction of sp³-hybridized carbons (Fsp3) is 0.429. The molecule has 0 spiro atoms. The van der Waals surface area contributed by atoms with Gasteiger partial charge in [0.15, 0.2) is 11.5 Å². The molecule has 1 amide bonds. The average Bonchev–Trinajstić information content (AvgIpc) is 3.59. The molecule has 5 rings (SSSR count). The minimum Gasteiger partial charge on any atom is -0.493 e. The third-order valence-electron chi connectivity index (χ3n) is 7.12. The molecule has 1 aromatic heterocycles. The van der Waals surface area contributed by atoms with Crippen molar-refractivity contribution in [2.45, 2.75) is 50.7 Å². The summed E-state index contributed by atoms with van der Waals surface area (Å²) in [7, 11) is 1.69. The molecule has 7 heteroatoms. The van der Waals surface area contributed by atoms with E-state index in [0.29, 0.717) is 13.0 Å². The fourth-order valence-electron chi connectivity index (χ4n) is 5.26. The van der Waals surface area contributed by atoms with Crippen molar-refractivity contribution in [3.8, 4) is 11.5 Å². The number of aromatic amines is 1. The molecule has 1 unspecified atom stereocenters. The maximum Gasteiger partial charge on any atom is 0.228 e. The number of hydrogen-bond donors (Lipinski definition) is 1. The Morgan fingerprint density at radius 2 is 1.91 bits per heavy atom. The number of H-pyrrole nitrogens is 1. The quantitative estimate of drug-likeness (QED) is 0.529. The van der Waals surface area contributed by atoms with E-state index in [4.69, 9.17) is 9.47 Å². The van der Waals surface area contributed by atoms with Gasteiger partial charge in [-0.15, -0.1) is 0 Å². The van der Waals surface area contributed by atoms with Crippen molar-refractivity contribution in [3.05, 3.63) is 72.3 Å². The standard InChI is InChI=1S/C28H34N4O3/c1-34-26-12-11-23(17-27(26)35-25-9-5-6-10-25)31-13-14-32(28(33)16-22-18-29-20-30-22)24(19-31)15-21-7-3-2-4-8-21/h2-4,7-8,11-12,17-18,20,24-25H,5-6,9-10,13-16,19H2,1H3,(H,29,30). The minimum atomic E-state index is 0.0721. The fourth-order valence-corrected chi connectivity index (χ4v) is 5.26. The lowest BCUT2D eigenvalue weighted by Crippen LogP contribution is -2.56. The van der Waals surface area contributed by atoms with Crippen LogP contribution in [-0.2, 0) is 17.6 Å². The number of amides is 1. The van der Waals surface area contributed by atoms with Gasteiger partial charge in [-0.1, -0.05) is 30.3 Å². The Bertz CT molecular complexity index is 1100. The predicted molar refractivity (Wildman–Crippen MR) is 136 cm³/mol. The number of carbonyl (C=O) groups is 1. The Labute approximate surface area is 207 Å². The van der Waals surface area contributed by atoms with Gasteiger partial charge in [-0.2, -0.15) is 0 Å². The first kappa shape index (κ1) is 23.3. The van der Waals surface area contributed by atoms with Crippen LogP contribution in [0.3, 0.4) is 0 Å². The number of piperazine rings is 1. The summed E-state index contributed by atoms with van der Waals surface area (Å²) < 4.78 is 11.9.